The van der Waals surface area contributed by atoms with Gasteiger partial charge in [0.25, 0.3) is 5.91 Å². The van der Waals surface area contributed by atoms with Crippen LogP contribution in [0.1, 0.15) is 31.0 Å². The summed E-state index contributed by atoms with van der Waals surface area (Å²) in [5.41, 5.74) is 3.62. The van der Waals surface area contributed by atoms with Crippen molar-refractivity contribution in [2.75, 3.05) is 11.4 Å². The standard InChI is InChI=1S/C19H22N2O/c1-14-12-17-10-6-7-11-18(17)21(14)19(22)13-20-15(2)16-8-4-3-5-9-16/h3-11,14-15,20H,12-13H2,1-2H3/p+1/t14-,15-/m1/s1. The summed E-state index contributed by atoms with van der Waals surface area (Å²) in [4.78, 5) is 14.6. The lowest BCUT2D eigenvalue weighted by Crippen LogP contribution is -2.87. The topological polar surface area (TPSA) is 36.9 Å². The van der Waals surface area contributed by atoms with Gasteiger partial charge in [0.1, 0.15) is 6.04 Å². The van der Waals surface area contributed by atoms with E-state index < -0.39 is 0 Å². The molecule has 0 spiro atoms. The Balaban J connectivity index is 1.65. The van der Waals surface area contributed by atoms with Gasteiger partial charge in [0.2, 0.25) is 0 Å². The van der Waals surface area contributed by atoms with E-state index in [0.29, 0.717) is 12.6 Å². The first kappa shape index (κ1) is 14.8. The molecule has 0 saturated heterocycles. The Morgan fingerprint density at radius 3 is 2.64 bits per heavy atom. The molecule has 0 saturated carbocycles. The van der Waals surface area contributed by atoms with E-state index in [9.17, 15) is 4.79 Å². The molecule has 2 aromatic rings. The Bertz CT molecular complexity index is 653. The fourth-order valence-electron chi connectivity index (χ4n) is 3.21. The van der Waals surface area contributed by atoms with E-state index in [-0.39, 0.29) is 11.9 Å². The van der Waals surface area contributed by atoms with Gasteiger partial charge >= 0.3 is 0 Å². The molecule has 0 aromatic heterocycles. The second-order valence-electron chi connectivity index (χ2n) is 6.08. The minimum atomic E-state index is 0.195. The molecule has 0 radical (unpaired) electrons. The van der Waals surface area contributed by atoms with Crippen molar-refractivity contribution in [1.82, 2.24) is 0 Å². The van der Waals surface area contributed by atoms with Crippen LogP contribution in [0.2, 0.25) is 0 Å². The van der Waals surface area contributed by atoms with Crippen LogP contribution in [0.25, 0.3) is 0 Å². The van der Waals surface area contributed by atoms with E-state index in [1.54, 1.807) is 0 Å². The van der Waals surface area contributed by atoms with Crippen molar-refractivity contribution in [3.63, 3.8) is 0 Å². The average Bonchev–Trinajstić information content (AvgIpc) is 2.89. The zero-order chi connectivity index (χ0) is 15.5. The third-order valence-corrected chi connectivity index (χ3v) is 4.45. The van der Waals surface area contributed by atoms with E-state index in [1.165, 1.54) is 11.1 Å². The lowest BCUT2D eigenvalue weighted by molar-refractivity contribution is -0.682. The summed E-state index contributed by atoms with van der Waals surface area (Å²) in [7, 11) is 0. The Morgan fingerprint density at radius 2 is 1.86 bits per heavy atom. The Labute approximate surface area is 132 Å². The summed E-state index contributed by atoms with van der Waals surface area (Å²) in [6.45, 7) is 4.75. The average molecular weight is 295 g/mol. The number of carbonyl (C=O) groups is 1. The molecule has 1 aliphatic rings. The number of amides is 1. The van der Waals surface area contributed by atoms with E-state index in [2.05, 4.69) is 43.4 Å². The summed E-state index contributed by atoms with van der Waals surface area (Å²) in [6.07, 6.45) is 0.955. The third-order valence-electron chi connectivity index (χ3n) is 4.45. The van der Waals surface area contributed by atoms with Crippen molar-refractivity contribution in [1.29, 1.82) is 0 Å². The van der Waals surface area contributed by atoms with Crippen LogP contribution in [0.4, 0.5) is 5.69 Å². The van der Waals surface area contributed by atoms with Crippen molar-refractivity contribution in [2.24, 2.45) is 0 Å². The van der Waals surface area contributed by atoms with Gasteiger partial charge in [-0.1, -0.05) is 48.5 Å². The Kier molecular flexibility index (Phi) is 4.25. The van der Waals surface area contributed by atoms with E-state index in [1.807, 2.05) is 35.2 Å². The van der Waals surface area contributed by atoms with Crippen LogP contribution in [0.5, 0.6) is 0 Å². The monoisotopic (exact) mass is 295 g/mol. The Morgan fingerprint density at radius 1 is 1.18 bits per heavy atom. The van der Waals surface area contributed by atoms with Gasteiger partial charge in [-0.3, -0.25) is 4.79 Å². The molecule has 0 aliphatic carbocycles. The summed E-state index contributed by atoms with van der Waals surface area (Å²) >= 11 is 0. The fraction of sp³-hybridized carbons (Fsp3) is 0.316. The molecule has 1 amide bonds. The lowest BCUT2D eigenvalue weighted by Gasteiger charge is -2.22. The van der Waals surface area contributed by atoms with Crippen molar-refractivity contribution in [3.05, 3.63) is 65.7 Å². The van der Waals surface area contributed by atoms with Crippen molar-refractivity contribution in [2.45, 2.75) is 32.4 Å². The normalized spacial score (nSPS) is 18.1. The van der Waals surface area contributed by atoms with Gasteiger partial charge in [0.15, 0.2) is 6.54 Å². The van der Waals surface area contributed by atoms with Gasteiger partial charge in [-0.05, 0) is 31.9 Å². The smallest absolute Gasteiger partial charge is 0.282 e. The zero-order valence-electron chi connectivity index (χ0n) is 13.2. The number of rotatable bonds is 4. The van der Waals surface area contributed by atoms with Crippen molar-refractivity contribution < 1.29 is 10.1 Å². The molecule has 2 N–H and O–H groups in total. The van der Waals surface area contributed by atoms with Gasteiger partial charge in [-0.15, -0.1) is 0 Å². The van der Waals surface area contributed by atoms with E-state index in [4.69, 9.17) is 0 Å². The second-order valence-corrected chi connectivity index (χ2v) is 6.08. The van der Waals surface area contributed by atoms with Crippen LogP contribution in [-0.4, -0.2) is 18.5 Å². The largest absolute Gasteiger partial charge is 0.333 e. The molecule has 1 aliphatic heterocycles. The summed E-state index contributed by atoms with van der Waals surface area (Å²) in [5, 5.41) is 2.12. The fourth-order valence-corrected chi connectivity index (χ4v) is 3.21. The molecule has 2 aromatic carbocycles. The first-order chi connectivity index (χ1) is 10.7. The quantitative estimate of drug-likeness (QED) is 0.923. The molecular weight excluding hydrogens is 272 g/mol. The molecule has 114 valence electrons. The van der Waals surface area contributed by atoms with Crippen molar-refractivity contribution in [3.8, 4) is 0 Å². The number of hydrogen-bond acceptors (Lipinski definition) is 1. The molecule has 0 bridgehead atoms. The molecular formula is C19H23N2O+. The first-order valence-corrected chi connectivity index (χ1v) is 7.95. The van der Waals surface area contributed by atoms with E-state index >= 15 is 0 Å². The van der Waals surface area contributed by atoms with Crippen LogP contribution in [0.15, 0.2) is 54.6 Å². The van der Waals surface area contributed by atoms with E-state index in [0.717, 1.165) is 12.1 Å². The SMILES string of the molecule is C[C@@H]1Cc2ccccc2N1C(=O)C[NH2+][C@H](C)c1ccccc1. The minimum Gasteiger partial charge on any atom is -0.333 e. The van der Waals surface area contributed by atoms with Gasteiger partial charge < -0.3 is 10.2 Å². The second kappa shape index (κ2) is 6.32. The Hall–Kier alpha value is -2.13. The number of anilines is 1. The number of quaternary nitrogens is 1. The molecule has 0 fully saturated rings. The molecule has 3 rings (SSSR count). The minimum absolute atomic E-state index is 0.195. The van der Waals surface area contributed by atoms with Gasteiger partial charge in [-0.2, -0.15) is 0 Å². The van der Waals surface area contributed by atoms with Crippen LogP contribution >= 0.6 is 0 Å². The van der Waals surface area contributed by atoms with Gasteiger partial charge in [0, 0.05) is 17.3 Å². The van der Waals surface area contributed by atoms with Crippen LogP contribution in [0.3, 0.4) is 0 Å². The highest BCUT2D eigenvalue weighted by Crippen LogP contribution is 2.31. The third kappa shape index (κ3) is 2.90. The van der Waals surface area contributed by atoms with Gasteiger partial charge in [-0.25, -0.2) is 0 Å². The van der Waals surface area contributed by atoms with Gasteiger partial charge in [0.05, 0.1) is 0 Å². The van der Waals surface area contributed by atoms with Crippen molar-refractivity contribution >= 4 is 11.6 Å². The number of benzene rings is 2. The predicted octanol–water partition coefficient (Wildman–Crippen LogP) is 2.29. The maximum absolute atomic E-state index is 12.6. The summed E-state index contributed by atoms with van der Waals surface area (Å²) in [5.74, 6) is 0.195. The highest BCUT2D eigenvalue weighted by molar-refractivity contribution is 5.96. The predicted molar refractivity (Wildman–Crippen MR) is 88.7 cm³/mol. The zero-order valence-corrected chi connectivity index (χ0v) is 13.2. The number of para-hydroxylation sites is 1. The highest BCUT2D eigenvalue weighted by Gasteiger charge is 2.31. The number of nitrogens with zero attached hydrogens (tertiary/aromatic N) is 1. The van der Waals surface area contributed by atoms with Crippen LogP contribution < -0.4 is 10.2 Å². The first-order valence-electron chi connectivity index (χ1n) is 7.95. The molecule has 22 heavy (non-hydrogen) atoms. The molecule has 0 unspecified atom stereocenters. The maximum atomic E-state index is 12.6. The summed E-state index contributed by atoms with van der Waals surface area (Å²) < 4.78 is 0. The van der Waals surface area contributed by atoms with Crippen LogP contribution in [0, 0.1) is 0 Å². The number of fused-ring (bicyclic) bond motifs is 1. The molecule has 3 nitrogen and oxygen atoms in total. The molecule has 1 heterocycles. The highest BCUT2D eigenvalue weighted by atomic mass is 16.2. The number of hydrogen-bond donors (Lipinski definition) is 1. The molecule has 3 heteroatoms. The number of nitrogens with two attached hydrogens (primary N) is 1. The number of carbonyl (C=O) groups excluding carboxylic acids is 1. The van der Waals surface area contributed by atoms with Crippen LogP contribution in [-0.2, 0) is 11.2 Å². The molecule has 2 atom stereocenters. The summed E-state index contributed by atoms with van der Waals surface area (Å²) in [6, 6.07) is 19.1. The lowest BCUT2D eigenvalue weighted by atomic mass is 10.1. The maximum Gasteiger partial charge on any atom is 0.282 e.